The first-order valence-corrected chi connectivity index (χ1v) is 10.6. The number of amides is 1. The summed E-state index contributed by atoms with van der Waals surface area (Å²) in [5.74, 6) is -0.465. The molecule has 2 aromatic carbocycles. The topological polar surface area (TPSA) is 58.1 Å². The number of benzene rings is 2. The molecule has 1 aliphatic rings. The Hall–Kier alpha value is -2.30. The van der Waals surface area contributed by atoms with Gasteiger partial charge < -0.3 is 0 Å². The van der Waals surface area contributed by atoms with Crippen LogP contribution in [0.1, 0.15) is 23.2 Å². The van der Waals surface area contributed by atoms with Crippen LogP contribution in [-0.4, -0.2) is 63.8 Å². The summed E-state index contributed by atoms with van der Waals surface area (Å²) >= 11 is 1.37. The predicted octanol–water partition coefficient (Wildman–Crippen LogP) is 1.52. The van der Waals surface area contributed by atoms with E-state index in [4.69, 9.17) is 0 Å². The molecule has 0 spiro atoms. The predicted molar refractivity (Wildman–Crippen MR) is 111 cm³/mol. The molecule has 0 radical (unpaired) electrons. The van der Waals surface area contributed by atoms with E-state index in [1.165, 1.54) is 48.2 Å². The van der Waals surface area contributed by atoms with Crippen LogP contribution in [0.2, 0.25) is 0 Å². The molecule has 1 fully saturated rings. The van der Waals surface area contributed by atoms with E-state index in [1.807, 2.05) is 12.1 Å². The Morgan fingerprint density at radius 2 is 1.96 bits per heavy atom. The number of hydrogen-bond acceptors (Lipinski definition) is 4. The Morgan fingerprint density at radius 1 is 1.14 bits per heavy atom. The van der Waals surface area contributed by atoms with Crippen LogP contribution in [0.4, 0.5) is 4.39 Å². The molecule has 7 heteroatoms. The van der Waals surface area contributed by atoms with Gasteiger partial charge in [0.15, 0.2) is 0 Å². The van der Waals surface area contributed by atoms with Crippen molar-refractivity contribution >= 4 is 38.1 Å². The molecule has 3 aromatic rings. The van der Waals surface area contributed by atoms with Crippen molar-refractivity contribution in [2.24, 2.45) is 0 Å². The van der Waals surface area contributed by atoms with Gasteiger partial charge in [-0.05, 0) is 0 Å². The molecule has 4 rings (SSSR count). The normalized spacial score (nSPS) is 14.5. The standard InChI is InChI=1S/C21H22AsFN4O/c22-20-17-11-15(14-4-3-5-16(23)10-14)12-18(19(17)25-13-26-20)21(28)24-6-9-27-7-1-2-8-27/h3-5,10-13H,1-2,6-9,22H2,(H,24,28). The van der Waals surface area contributed by atoms with Crippen molar-refractivity contribution in [2.45, 2.75) is 12.8 Å². The summed E-state index contributed by atoms with van der Waals surface area (Å²) in [6.07, 6.45) is 3.95. The van der Waals surface area contributed by atoms with Gasteiger partial charge in [-0.3, -0.25) is 0 Å². The molecule has 0 bridgehead atoms. The Labute approximate surface area is 171 Å². The van der Waals surface area contributed by atoms with Crippen LogP contribution >= 0.6 is 0 Å². The molecular weight excluding hydrogens is 418 g/mol. The van der Waals surface area contributed by atoms with Crippen molar-refractivity contribution in [3.05, 3.63) is 54.1 Å². The van der Waals surface area contributed by atoms with Gasteiger partial charge in [-0.25, -0.2) is 0 Å². The number of rotatable bonds is 5. The second-order valence-corrected chi connectivity index (χ2v) is 8.14. The van der Waals surface area contributed by atoms with Crippen LogP contribution in [0, 0.1) is 5.82 Å². The van der Waals surface area contributed by atoms with E-state index in [0.29, 0.717) is 17.6 Å². The van der Waals surface area contributed by atoms with E-state index in [0.717, 1.165) is 40.6 Å². The van der Waals surface area contributed by atoms with Crippen molar-refractivity contribution in [3.63, 3.8) is 0 Å². The molecule has 1 N–H and O–H groups in total. The molecule has 28 heavy (non-hydrogen) atoms. The van der Waals surface area contributed by atoms with Gasteiger partial charge in [0.2, 0.25) is 0 Å². The number of halogens is 1. The first kappa shape index (κ1) is 19.0. The van der Waals surface area contributed by atoms with Crippen LogP contribution in [-0.2, 0) is 0 Å². The summed E-state index contributed by atoms with van der Waals surface area (Å²) in [7, 11) is 0. The van der Waals surface area contributed by atoms with Crippen molar-refractivity contribution in [1.82, 2.24) is 20.2 Å². The summed E-state index contributed by atoms with van der Waals surface area (Å²) in [6, 6.07) is 10.1. The number of aromatic nitrogens is 2. The maximum absolute atomic E-state index is 13.7. The van der Waals surface area contributed by atoms with Crippen LogP contribution in [0.25, 0.3) is 22.0 Å². The molecule has 2 heterocycles. The summed E-state index contributed by atoms with van der Waals surface area (Å²) in [5.41, 5.74) is 2.64. The van der Waals surface area contributed by atoms with E-state index < -0.39 is 0 Å². The fourth-order valence-electron chi connectivity index (χ4n) is 3.62. The monoisotopic (exact) mass is 440 g/mol. The third kappa shape index (κ3) is 4.08. The van der Waals surface area contributed by atoms with Gasteiger partial charge in [0.1, 0.15) is 0 Å². The van der Waals surface area contributed by atoms with Crippen molar-refractivity contribution in [3.8, 4) is 11.1 Å². The van der Waals surface area contributed by atoms with Crippen LogP contribution < -0.4 is 9.80 Å². The minimum absolute atomic E-state index is 0.159. The van der Waals surface area contributed by atoms with Crippen LogP contribution in [0.3, 0.4) is 0 Å². The summed E-state index contributed by atoms with van der Waals surface area (Å²) < 4.78 is 14.6. The number of likely N-dealkylation sites (tertiary alicyclic amines) is 1. The van der Waals surface area contributed by atoms with E-state index in [2.05, 4.69) is 20.2 Å². The molecule has 0 aliphatic carbocycles. The average Bonchev–Trinajstić information content (AvgIpc) is 3.21. The Kier molecular flexibility index (Phi) is 5.69. The SMILES string of the molecule is O=C(NCCN1CCCC1)c1cc(-c2cccc(F)c2)cc2c([AsH2])ncnc12. The van der Waals surface area contributed by atoms with Gasteiger partial charge in [0.05, 0.1) is 0 Å². The maximum atomic E-state index is 13.7. The Balaban J connectivity index is 1.67. The quantitative estimate of drug-likeness (QED) is 0.612. The Bertz CT molecular complexity index is 1020. The molecule has 5 nitrogen and oxygen atoms in total. The second kappa shape index (κ2) is 8.37. The number of nitrogens with one attached hydrogen (secondary N) is 1. The van der Waals surface area contributed by atoms with Crippen molar-refractivity contribution < 1.29 is 9.18 Å². The fraction of sp³-hybridized carbons (Fsp3) is 0.286. The number of nitrogens with zero attached hydrogens (tertiary/aromatic N) is 3. The first-order chi connectivity index (χ1) is 13.6. The van der Waals surface area contributed by atoms with E-state index in [9.17, 15) is 9.18 Å². The van der Waals surface area contributed by atoms with Gasteiger partial charge in [0, 0.05) is 0 Å². The number of carbonyl (C=O) groups excluding carboxylic acids is 1. The zero-order chi connectivity index (χ0) is 19.5. The molecule has 1 amide bonds. The molecule has 0 saturated carbocycles. The molecule has 1 aromatic heterocycles. The molecular formula is C21H22AsFN4O. The van der Waals surface area contributed by atoms with Crippen molar-refractivity contribution in [1.29, 1.82) is 0 Å². The number of fused-ring (bicyclic) bond motifs is 1. The molecule has 1 aliphatic heterocycles. The molecule has 1 atom stereocenters. The second-order valence-electron chi connectivity index (χ2n) is 6.99. The minimum atomic E-state index is -0.306. The van der Waals surface area contributed by atoms with Gasteiger partial charge >= 0.3 is 172 Å². The number of carbonyl (C=O) groups is 1. The van der Waals surface area contributed by atoms with Gasteiger partial charge in [-0.2, -0.15) is 0 Å². The Morgan fingerprint density at radius 3 is 2.75 bits per heavy atom. The summed E-state index contributed by atoms with van der Waals surface area (Å²) in [4.78, 5) is 23.9. The van der Waals surface area contributed by atoms with Gasteiger partial charge in [0.25, 0.3) is 0 Å². The average molecular weight is 440 g/mol. The zero-order valence-corrected chi connectivity index (χ0v) is 17.9. The fourth-order valence-corrected chi connectivity index (χ4v) is 4.23. The summed E-state index contributed by atoms with van der Waals surface area (Å²) in [6.45, 7) is 3.65. The van der Waals surface area contributed by atoms with E-state index >= 15 is 0 Å². The van der Waals surface area contributed by atoms with E-state index in [-0.39, 0.29) is 11.7 Å². The van der Waals surface area contributed by atoms with Crippen molar-refractivity contribution in [2.75, 3.05) is 26.2 Å². The van der Waals surface area contributed by atoms with Crippen LogP contribution in [0.15, 0.2) is 42.7 Å². The first-order valence-electron chi connectivity index (χ1n) is 9.42. The number of hydrogen-bond donors (Lipinski definition) is 1. The van der Waals surface area contributed by atoms with Gasteiger partial charge in [-0.1, -0.05) is 0 Å². The van der Waals surface area contributed by atoms with Crippen LogP contribution in [0.5, 0.6) is 0 Å². The van der Waals surface area contributed by atoms with E-state index in [1.54, 1.807) is 12.1 Å². The van der Waals surface area contributed by atoms with Gasteiger partial charge in [-0.15, -0.1) is 0 Å². The molecule has 1 unspecified atom stereocenters. The third-order valence-corrected chi connectivity index (χ3v) is 6.05. The molecule has 1 saturated heterocycles. The zero-order valence-electron chi connectivity index (χ0n) is 15.5. The summed E-state index contributed by atoms with van der Waals surface area (Å²) in [5, 5.41) is 3.85. The molecule has 144 valence electrons. The third-order valence-electron chi connectivity index (χ3n) is 5.08.